The number of nitrogens with one attached hydrogen (secondary N) is 1. The molecule has 1 aliphatic rings. The highest BCUT2D eigenvalue weighted by Crippen LogP contribution is 2.20. The Bertz CT molecular complexity index is 825. The van der Waals surface area contributed by atoms with Crippen LogP contribution in [-0.2, 0) is 16.0 Å². The third kappa shape index (κ3) is 5.36. The SMILES string of the molecule is Cc1cccc(NC(=O)C2CCCN(C(=O)CCc3cccc(F)c3)C2)n1. The summed E-state index contributed by atoms with van der Waals surface area (Å²) in [5.74, 6) is -0.0886. The van der Waals surface area contributed by atoms with Crippen molar-refractivity contribution in [2.24, 2.45) is 5.92 Å². The fourth-order valence-corrected chi connectivity index (χ4v) is 3.36. The van der Waals surface area contributed by atoms with E-state index in [1.165, 1.54) is 12.1 Å². The van der Waals surface area contributed by atoms with E-state index in [0.29, 0.717) is 31.7 Å². The van der Waals surface area contributed by atoms with Crippen LogP contribution in [0.1, 0.15) is 30.5 Å². The number of aromatic nitrogens is 1. The van der Waals surface area contributed by atoms with Gasteiger partial charge in [-0.15, -0.1) is 0 Å². The molecule has 1 aliphatic heterocycles. The van der Waals surface area contributed by atoms with Crippen molar-refractivity contribution < 1.29 is 14.0 Å². The number of hydrogen-bond donors (Lipinski definition) is 1. The number of anilines is 1. The predicted molar refractivity (Wildman–Crippen MR) is 102 cm³/mol. The van der Waals surface area contributed by atoms with Gasteiger partial charge in [-0.2, -0.15) is 0 Å². The number of hydrogen-bond acceptors (Lipinski definition) is 3. The third-order valence-corrected chi connectivity index (χ3v) is 4.80. The van der Waals surface area contributed by atoms with Crippen molar-refractivity contribution in [2.75, 3.05) is 18.4 Å². The fraction of sp³-hybridized carbons (Fsp3) is 0.381. The number of halogens is 1. The van der Waals surface area contributed by atoms with Gasteiger partial charge in [0.25, 0.3) is 0 Å². The van der Waals surface area contributed by atoms with Crippen molar-refractivity contribution in [3.05, 3.63) is 59.5 Å². The van der Waals surface area contributed by atoms with Gasteiger partial charge in [-0.1, -0.05) is 18.2 Å². The number of pyridine rings is 1. The minimum atomic E-state index is -0.292. The number of piperidine rings is 1. The molecule has 2 amide bonds. The van der Waals surface area contributed by atoms with Crippen LogP contribution in [0.2, 0.25) is 0 Å². The Morgan fingerprint density at radius 1 is 1.26 bits per heavy atom. The Kier molecular flexibility index (Phi) is 6.16. The maximum absolute atomic E-state index is 13.2. The van der Waals surface area contributed by atoms with E-state index in [1.54, 1.807) is 17.0 Å². The van der Waals surface area contributed by atoms with Crippen molar-refractivity contribution in [3.63, 3.8) is 0 Å². The second kappa shape index (κ2) is 8.75. The standard InChI is InChI=1S/C21H24FN3O2/c1-15-5-2-9-19(23-15)24-21(27)17-7-4-12-25(14-17)20(26)11-10-16-6-3-8-18(22)13-16/h2-3,5-6,8-9,13,17H,4,7,10-12,14H2,1H3,(H,23,24,27). The molecule has 0 aliphatic carbocycles. The molecular weight excluding hydrogens is 345 g/mol. The molecule has 1 saturated heterocycles. The van der Waals surface area contributed by atoms with Crippen molar-refractivity contribution in [1.29, 1.82) is 0 Å². The molecule has 0 radical (unpaired) electrons. The highest BCUT2D eigenvalue weighted by atomic mass is 19.1. The van der Waals surface area contributed by atoms with E-state index in [-0.39, 0.29) is 23.5 Å². The minimum Gasteiger partial charge on any atom is -0.342 e. The molecule has 1 N–H and O–H groups in total. The highest BCUT2D eigenvalue weighted by molar-refractivity contribution is 5.92. The minimum absolute atomic E-state index is 0.00504. The van der Waals surface area contributed by atoms with Crippen LogP contribution < -0.4 is 5.32 Å². The van der Waals surface area contributed by atoms with Gasteiger partial charge in [-0.05, 0) is 56.0 Å². The quantitative estimate of drug-likeness (QED) is 0.879. The van der Waals surface area contributed by atoms with Crippen molar-refractivity contribution in [2.45, 2.75) is 32.6 Å². The molecule has 1 aromatic carbocycles. The first-order valence-corrected chi connectivity index (χ1v) is 9.28. The van der Waals surface area contributed by atoms with Gasteiger partial charge in [0, 0.05) is 25.2 Å². The maximum Gasteiger partial charge on any atom is 0.230 e. The molecule has 27 heavy (non-hydrogen) atoms. The lowest BCUT2D eigenvalue weighted by Gasteiger charge is -2.32. The molecule has 1 aromatic heterocycles. The summed E-state index contributed by atoms with van der Waals surface area (Å²) in [6.45, 7) is 2.95. The van der Waals surface area contributed by atoms with E-state index in [4.69, 9.17) is 0 Å². The van der Waals surface area contributed by atoms with Gasteiger partial charge < -0.3 is 10.2 Å². The van der Waals surface area contributed by atoms with Crippen molar-refractivity contribution in [3.8, 4) is 0 Å². The van der Waals surface area contributed by atoms with Crippen LogP contribution in [0.25, 0.3) is 0 Å². The van der Waals surface area contributed by atoms with Crippen LogP contribution in [0.5, 0.6) is 0 Å². The number of carbonyl (C=O) groups excluding carboxylic acids is 2. The number of likely N-dealkylation sites (tertiary alicyclic amines) is 1. The van der Waals surface area contributed by atoms with E-state index < -0.39 is 0 Å². The average Bonchev–Trinajstić information content (AvgIpc) is 2.66. The van der Waals surface area contributed by atoms with E-state index in [0.717, 1.165) is 24.1 Å². The van der Waals surface area contributed by atoms with Gasteiger partial charge in [-0.3, -0.25) is 9.59 Å². The molecule has 2 aromatic rings. The van der Waals surface area contributed by atoms with Crippen LogP contribution >= 0.6 is 0 Å². The monoisotopic (exact) mass is 369 g/mol. The summed E-state index contributed by atoms with van der Waals surface area (Å²) in [4.78, 5) is 31.1. The Hall–Kier alpha value is -2.76. The largest absolute Gasteiger partial charge is 0.342 e. The summed E-state index contributed by atoms with van der Waals surface area (Å²) < 4.78 is 13.2. The Morgan fingerprint density at radius 2 is 2.07 bits per heavy atom. The fourth-order valence-electron chi connectivity index (χ4n) is 3.36. The van der Waals surface area contributed by atoms with Gasteiger partial charge >= 0.3 is 0 Å². The van der Waals surface area contributed by atoms with Crippen LogP contribution in [0, 0.1) is 18.7 Å². The summed E-state index contributed by atoms with van der Waals surface area (Å²) in [7, 11) is 0. The van der Waals surface area contributed by atoms with Crippen molar-refractivity contribution in [1.82, 2.24) is 9.88 Å². The first-order valence-electron chi connectivity index (χ1n) is 9.28. The second-order valence-corrected chi connectivity index (χ2v) is 6.96. The first kappa shape index (κ1) is 19.0. The van der Waals surface area contributed by atoms with Crippen LogP contribution in [-0.4, -0.2) is 34.8 Å². The summed E-state index contributed by atoms with van der Waals surface area (Å²) in [5, 5.41) is 2.85. The second-order valence-electron chi connectivity index (χ2n) is 6.96. The van der Waals surface area contributed by atoms with E-state index in [1.807, 2.05) is 25.1 Å². The zero-order valence-corrected chi connectivity index (χ0v) is 15.5. The third-order valence-electron chi connectivity index (χ3n) is 4.80. The van der Waals surface area contributed by atoms with Gasteiger partial charge in [0.1, 0.15) is 11.6 Å². The Balaban J connectivity index is 1.53. The average molecular weight is 369 g/mol. The molecule has 1 atom stereocenters. The molecule has 1 unspecified atom stereocenters. The molecule has 6 heteroatoms. The lowest BCUT2D eigenvalue weighted by Crippen LogP contribution is -2.43. The maximum atomic E-state index is 13.2. The van der Waals surface area contributed by atoms with Crippen LogP contribution in [0.15, 0.2) is 42.5 Å². The molecule has 142 valence electrons. The van der Waals surface area contributed by atoms with Crippen LogP contribution in [0.3, 0.4) is 0 Å². The molecule has 0 bridgehead atoms. The van der Waals surface area contributed by atoms with Crippen LogP contribution in [0.4, 0.5) is 10.2 Å². The van der Waals surface area contributed by atoms with Crippen molar-refractivity contribution >= 4 is 17.6 Å². The normalized spacial score (nSPS) is 16.8. The predicted octanol–water partition coefficient (Wildman–Crippen LogP) is 3.34. The van der Waals surface area contributed by atoms with Gasteiger partial charge in [0.2, 0.25) is 11.8 Å². The molecule has 2 heterocycles. The number of nitrogens with zero attached hydrogens (tertiary/aromatic N) is 2. The zero-order valence-electron chi connectivity index (χ0n) is 15.5. The lowest BCUT2D eigenvalue weighted by atomic mass is 9.96. The van der Waals surface area contributed by atoms with Gasteiger partial charge in [-0.25, -0.2) is 9.37 Å². The topological polar surface area (TPSA) is 62.3 Å². The molecule has 0 saturated carbocycles. The lowest BCUT2D eigenvalue weighted by molar-refractivity contribution is -0.134. The number of aryl methyl sites for hydroxylation is 2. The molecule has 1 fully saturated rings. The smallest absolute Gasteiger partial charge is 0.230 e. The summed E-state index contributed by atoms with van der Waals surface area (Å²) in [6.07, 6.45) is 2.37. The molecule has 0 spiro atoms. The first-order chi connectivity index (χ1) is 13.0. The molecular formula is C21H24FN3O2. The summed E-state index contributed by atoms with van der Waals surface area (Å²) in [5.41, 5.74) is 1.64. The number of benzene rings is 1. The highest BCUT2D eigenvalue weighted by Gasteiger charge is 2.28. The Morgan fingerprint density at radius 3 is 2.85 bits per heavy atom. The van der Waals surface area contributed by atoms with E-state index in [2.05, 4.69) is 10.3 Å². The number of carbonyl (C=O) groups is 2. The summed E-state index contributed by atoms with van der Waals surface area (Å²) >= 11 is 0. The zero-order chi connectivity index (χ0) is 19.2. The molecule has 5 nitrogen and oxygen atoms in total. The summed E-state index contributed by atoms with van der Waals surface area (Å²) in [6, 6.07) is 11.8. The van der Waals surface area contributed by atoms with E-state index >= 15 is 0 Å². The number of rotatable bonds is 5. The Labute approximate surface area is 158 Å². The van der Waals surface area contributed by atoms with Gasteiger partial charge in [0.15, 0.2) is 0 Å². The van der Waals surface area contributed by atoms with E-state index in [9.17, 15) is 14.0 Å². The number of amides is 2. The molecule has 3 rings (SSSR count). The van der Waals surface area contributed by atoms with Gasteiger partial charge in [0.05, 0.1) is 5.92 Å².